The number of rotatable bonds is 5. The molecule has 0 saturated carbocycles. The zero-order chi connectivity index (χ0) is 15.2. The number of hydrogen-bond acceptors (Lipinski definition) is 2. The summed E-state index contributed by atoms with van der Waals surface area (Å²) in [6, 6.07) is 7.61. The molecule has 1 saturated heterocycles. The van der Waals surface area contributed by atoms with Gasteiger partial charge in [-0.2, -0.15) is 0 Å². The summed E-state index contributed by atoms with van der Waals surface area (Å²) in [5, 5.41) is 7.18. The predicted octanol–water partition coefficient (Wildman–Crippen LogP) is 3.54. The van der Waals surface area contributed by atoms with E-state index >= 15 is 0 Å². The Labute approximate surface area is 132 Å². The maximum absolute atomic E-state index is 12.2. The van der Waals surface area contributed by atoms with Crippen molar-refractivity contribution in [3.63, 3.8) is 0 Å². The summed E-state index contributed by atoms with van der Waals surface area (Å²) in [5.41, 5.74) is 0.972. The third-order valence-corrected chi connectivity index (χ3v) is 4.74. The summed E-state index contributed by atoms with van der Waals surface area (Å²) in [6.07, 6.45) is 3.02. The topological polar surface area (TPSA) is 41.1 Å². The van der Waals surface area contributed by atoms with Gasteiger partial charge < -0.3 is 10.6 Å². The van der Waals surface area contributed by atoms with Crippen molar-refractivity contribution >= 4 is 17.5 Å². The van der Waals surface area contributed by atoms with Crippen molar-refractivity contribution < 1.29 is 4.79 Å². The molecule has 1 aromatic rings. The van der Waals surface area contributed by atoms with Crippen LogP contribution in [0.25, 0.3) is 0 Å². The van der Waals surface area contributed by atoms with Crippen molar-refractivity contribution in [3.8, 4) is 0 Å². The predicted molar refractivity (Wildman–Crippen MR) is 87.4 cm³/mol. The average Bonchev–Trinajstić information content (AvgIpc) is 2.48. The van der Waals surface area contributed by atoms with Crippen molar-refractivity contribution in [2.24, 2.45) is 11.8 Å². The lowest BCUT2D eigenvalue weighted by Gasteiger charge is -2.28. The Hall–Kier alpha value is -1.06. The zero-order valence-corrected chi connectivity index (χ0v) is 13.6. The van der Waals surface area contributed by atoms with E-state index in [1.807, 2.05) is 31.2 Å². The van der Waals surface area contributed by atoms with E-state index in [4.69, 9.17) is 11.6 Å². The summed E-state index contributed by atoms with van der Waals surface area (Å²) in [4.78, 5) is 12.2. The maximum Gasteiger partial charge on any atom is 0.220 e. The Kier molecular flexibility index (Phi) is 6.07. The van der Waals surface area contributed by atoms with Crippen LogP contribution in [0.15, 0.2) is 24.3 Å². The smallest absolute Gasteiger partial charge is 0.220 e. The molecule has 2 rings (SSSR count). The van der Waals surface area contributed by atoms with Gasteiger partial charge in [0.05, 0.1) is 6.04 Å². The molecule has 0 spiro atoms. The van der Waals surface area contributed by atoms with Gasteiger partial charge in [-0.3, -0.25) is 4.79 Å². The van der Waals surface area contributed by atoms with E-state index in [-0.39, 0.29) is 11.9 Å². The molecular weight excluding hydrogens is 284 g/mol. The molecular formula is C17H25ClN2O. The molecule has 1 heterocycles. The number of piperidine rings is 1. The Morgan fingerprint density at radius 3 is 2.86 bits per heavy atom. The minimum Gasteiger partial charge on any atom is -0.350 e. The van der Waals surface area contributed by atoms with Gasteiger partial charge in [0, 0.05) is 11.4 Å². The number of carbonyl (C=O) groups excluding carboxylic acids is 1. The van der Waals surface area contributed by atoms with Gasteiger partial charge in [-0.1, -0.05) is 36.7 Å². The van der Waals surface area contributed by atoms with Crippen LogP contribution in [-0.2, 0) is 4.79 Å². The second-order valence-electron chi connectivity index (χ2n) is 6.10. The molecule has 4 heteroatoms. The third kappa shape index (κ3) is 4.72. The van der Waals surface area contributed by atoms with E-state index < -0.39 is 0 Å². The van der Waals surface area contributed by atoms with Gasteiger partial charge in [-0.25, -0.2) is 0 Å². The average molecular weight is 309 g/mol. The molecule has 116 valence electrons. The van der Waals surface area contributed by atoms with Crippen molar-refractivity contribution in [3.05, 3.63) is 34.9 Å². The number of carbonyl (C=O) groups is 1. The first-order valence-electron chi connectivity index (χ1n) is 7.82. The lowest BCUT2D eigenvalue weighted by molar-refractivity contribution is -0.123. The van der Waals surface area contributed by atoms with Crippen LogP contribution in [-0.4, -0.2) is 19.0 Å². The van der Waals surface area contributed by atoms with Crippen molar-refractivity contribution in [2.75, 3.05) is 13.1 Å². The van der Waals surface area contributed by atoms with Crippen LogP contribution in [0.3, 0.4) is 0 Å². The van der Waals surface area contributed by atoms with Gasteiger partial charge >= 0.3 is 0 Å². The number of halogens is 1. The highest BCUT2D eigenvalue weighted by Gasteiger charge is 2.22. The van der Waals surface area contributed by atoms with Crippen LogP contribution in [0.1, 0.15) is 44.7 Å². The second-order valence-corrected chi connectivity index (χ2v) is 6.51. The molecule has 0 aliphatic carbocycles. The highest BCUT2D eigenvalue weighted by molar-refractivity contribution is 6.31. The summed E-state index contributed by atoms with van der Waals surface area (Å²) >= 11 is 6.17. The lowest BCUT2D eigenvalue weighted by Crippen LogP contribution is -2.36. The second kappa shape index (κ2) is 7.81. The number of hydrogen-bond donors (Lipinski definition) is 2. The van der Waals surface area contributed by atoms with Crippen molar-refractivity contribution in [2.45, 2.75) is 39.2 Å². The van der Waals surface area contributed by atoms with E-state index in [9.17, 15) is 4.79 Å². The van der Waals surface area contributed by atoms with Crippen LogP contribution < -0.4 is 10.6 Å². The minimum atomic E-state index is -0.0529. The molecule has 2 N–H and O–H groups in total. The molecule has 3 atom stereocenters. The highest BCUT2D eigenvalue weighted by atomic mass is 35.5. The first kappa shape index (κ1) is 16.3. The van der Waals surface area contributed by atoms with E-state index in [1.54, 1.807) is 0 Å². The number of nitrogens with one attached hydrogen (secondary N) is 2. The molecule has 21 heavy (non-hydrogen) atoms. The first-order chi connectivity index (χ1) is 10.1. The number of benzene rings is 1. The van der Waals surface area contributed by atoms with Crippen LogP contribution in [0.2, 0.25) is 5.02 Å². The molecule has 1 aliphatic heterocycles. The monoisotopic (exact) mass is 308 g/mol. The molecule has 3 nitrogen and oxygen atoms in total. The molecule has 1 fully saturated rings. The summed E-state index contributed by atoms with van der Waals surface area (Å²) in [6.45, 7) is 6.30. The van der Waals surface area contributed by atoms with Gasteiger partial charge in [0.1, 0.15) is 0 Å². The highest BCUT2D eigenvalue weighted by Crippen LogP contribution is 2.24. The van der Waals surface area contributed by atoms with E-state index in [0.29, 0.717) is 23.3 Å². The van der Waals surface area contributed by atoms with Gasteiger partial charge in [0.25, 0.3) is 0 Å². The standard InChI is InChI=1S/C17H25ClN2O/c1-12(14-6-5-9-19-11-14)10-17(21)20-13(2)15-7-3-4-8-16(15)18/h3-4,7-8,12-14,19H,5-6,9-11H2,1-2H3,(H,20,21). The van der Waals surface area contributed by atoms with Crippen LogP contribution >= 0.6 is 11.6 Å². The van der Waals surface area contributed by atoms with E-state index in [0.717, 1.165) is 18.7 Å². The van der Waals surface area contributed by atoms with Gasteiger partial charge in [-0.15, -0.1) is 0 Å². The zero-order valence-electron chi connectivity index (χ0n) is 12.9. The normalized spacial score (nSPS) is 21.6. The van der Waals surface area contributed by atoms with E-state index in [2.05, 4.69) is 17.6 Å². The molecule has 0 aromatic heterocycles. The fraction of sp³-hybridized carbons (Fsp3) is 0.588. The summed E-state index contributed by atoms with van der Waals surface area (Å²) in [7, 11) is 0. The molecule has 1 aromatic carbocycles. The fourth-order valence-corrected chi connectivity index (χ4v) is 3.33. The van der Waals surface area contributed by atoms with Crippen molar-refractivity contribution in [1.29, 1.82) is 0 Å². The van der Waals surface area contributed by atoms with Crippen LogP contribution in [0.5, 0.6) is 0 Å². The molecule has 1 amide bonds. The Morgan fingerprint density at radius 1 is 1.43 bits per heavy atom. The first-order valence-corrected chi connectivity index (χ1v) is 8.20. The van der Waals surface area contributed by atoms with Crippen molar-refractivity contribution in [1.82, 2.24) is 10.6 Å². The molecule has 1 aliphatic rings. The molecule has 0 bridgehead atoms. The Morgan fingerprint density at radius 2 is 2.19 bits per heavy atom. The van der Waals surface area contributed by atoms with Gasteiger partial charge in [0.15, 0.2) is 0 Å². The quantitative estimate of drug-likeness (QED) is 0.873. The minimum absolute atomic E-state index is 0.0529. The van der Waals surface area contributed by atoms with Crippen LogP contribution in [0, 0.1) is 11.8 Å². The molecule has 0 radical (unpaired) electrons. The summed E-state index contributed by atoms with van der Waals surface area (Å²) in [5.74, 6) is 1.14. The third-order valence-electron chi connectivity index (χ3n) is 4.40. The Balaban J connectivity index is 1.85. The van der Waals surface area contributed by atoms with Gasteiger partial charge in [0.2, 0.25) is 5.91 Å². The van der Waals surface area contributed by atoms with E-state index in [1.165, 1.54) is 12.8 Å². The SMILES string of the molecule is CC(NC(=O)CC(C)C1CCCNC1)c1ccccc1Cl. The molecule has 3 unspecified atom stereocenters. The van der Waals surface area contributed by atoms with Crippen LogP contribution in [0.4, 0.5) is 0 Å². The number of amides is 1. The lowest BCUT2D eigenvalue weighted by atomic mass is 9.85. The maximum atomic E-state index is 12.2. The largest absolute Gasteiger partial charge is 0.350 e. The van der Waals surface area contributed by atoms with Gasteiger partial charge in [-0.05, 0) is 56.3 Å². The summed E-state index contributed by atoms with van der Waals surface area (Å²) < 4.78 is 0. The Bertz CT molecular complexity index is 472. The fourth-order valence-electron chi connectivity index (χ4n) is 3.03.